The van der Waals surface area contributed by atoms with Crippen LogP contribution in [0.5, 0.6) is 0 Å². The first kappa shape index (κ1) is 26.4. The summed E-state index contributed by atoms with van der Waals surface area (Å²) in [5.74, 6) is -1.73. The van der Waals surface area contributed by atoms with Crippen LogP contribution in [-0.2, 0) is 20.7 Å². The molecule has 1 atom stereocenters. The Morgan fingerprint density at radius 2 is 1.60 bits per heavy atom. The number of esters is 1. The summed E-state index contributed by atoms with van der Waals surface area (Å²) in [6, 6.07) is 20.7. The molecule has 0 bridgehead atoms. The number of ether oxygens (including phenoxy) is 2. The molecule has 1 aromatic heterocycles. The lowest BCUT2D eigenvalue weighted by atomic mass is 9.98. The Morgan fingerprint density at radius 1 is 0.950 bits per heavy atom. The predicted molar refractivity (Wildman–Crippen MR) is 144 cm³/mol. The molecule has 0 saturated carbocycles. The van der Waals surface area contributed by atoms with Gasteiger partial charge in [0, 0.05) is 11.5 Å². The van der Waals surface area contributed by atoms with Crippen molar-refractivity contribution in [3.05, 3.63) is 108 Å². The maximum Gasteiger partial charge on any atom is 0.407 e. The molecule has 1 amide bonds. The SMILES string of the molecule is C=CCOC(=O)[C@H](Cc1nnc(-c2ccc(C(=O)O)cc2)o1)NC(=O)OCC1c2ccccc2-c2ccccc21. The monoisotopic (exact) mass is 539 g/mol. The third-order valence-corrected chi connectivity index (χ3v) is 6.49. The highest BCUT2D eigenvalue weighted by atomic mass is 16.6. The third kappa shape index (κ3) is 5.60. The molecule has 10 nitrogen and oxygen atoms in total. The molecule has 1 heterocycles. The molecule has 5 rings (SSSR count). The second-order valence-electron chi connectivity index (χ2n) is 9.03. The van der Waals surface area contributed by atoms with Crippen LogP contribution in [0.15, 0.2) is 89.9 Å². The van der Waals surface area contributed by atoms with Gasteiger partial charge in [-0.25, -0.2) is 14.4 Å². The van der Waals surface area contributed by atoms with E-state index in [0.29, 0.717) is 5.56 Å². The summed E-state index contributed by atoms with van der Waals surface area (Å²) in [6.07, 6.45) is 0.459. The van der Waals surface area contributed by atoms with Crippen molar-refractivity contribution in [3.8, 4) is 22.6 Å². The molecule has 1 aliphatic carbocycles. The van der Waals surface area contributed by atoms with E-state index in [0.717, 1.165) is 22.3 Å². The number of benzene rings is 3. The van der Waals surface area contributed by atoms with E-state index in [4.69, 9.17) is 19.0 Å². The number of aromatic carboxylic acids is 1. The molecule has 0 radical (unpaired) electrons. The van der Waals surface area contributed by atoms with E-state index < -0.39 is 24.1 Å². The lowest BCUT2D eigenvalue weighted by Crippen LogP contribution is -2.44. The van der Waals surface area contributed by atoms with Gasteiger partial charge >= 0.3 is 18.0 Å². The van der Waals surface area contributed by atoms with Crippen LogP contribution in [0.25, 0.3) is 22.6 Å². The molecule has 1 aliphatic rings. The molecule has 3 aromatic carbocycles. The van der Waals surface area contributed by atoms with Gasteiger partial charge in [-0.3, -0.25) is 0 Å². The molecule has 0 spiro atoms. The Kier molecular flexibility index (Phi) is 7.68. The molecule has 202 valence electrons. The van der Waals surface area contributed by atoms with Crippen molar-refractivity contribution in [3.63, 3.8) is 0 Å². The quantitative estimate of drug-likeness (QED) is 0.218. The standard InChI is InChI=1S/C30H25N3O7/c1-2-15-38-29(36)25(16-26-32-33-27(40-26)18-11-13-19(14-12-18)28(34)35)31-30(37)39-17-24-22-9-5-3-7-20(22)21-8-4-6-10-23(21)24/h2-14,24-25H,1,15-17H2,(H,31,37)(H,34,35)/t25-/m0/s1. The molecule has 2 N–H and O–H groups in total. The van der Waals surface area contributed by atoms with Crippen LogP contribution in [0.1, 0.15) is 33.3 Å². The average molecular weight is 540 g/mol. The number of nitrogens with zero attached hydrogens (tertiary/aromatic N) is 2. The van der Waals surface area contributed by atoms with Crippen molar-refractivity contribution < 1.29 is 33.4 Å². The number of nitrogens with one attached hydrogen (secondary N) is 1. The highest BCUT2D eigenvalue weighted by Gasteiger charge is 2.30. The van der Waals surface area contributed by atoms with Crippen molar-refractivity contribution in [2.75, 3.05) is 13.2 Å². The second kappa shape index (κ2) is 11.6. The van der Waals surface area contributed by atoms with Gasteiger partial charge < -0.3 is 24.3 Å². The first-order chi connectivity index (χ1) is 19.4. The van der Waals surface area contributed by atoms with Crippen LogP contribution in [0.2, 0.25) is 0 Å². The third-order valence-electron chi connectivity index (χ3n) is 6.49. The van der Waals surface area contributed by atoms with Crippen LogP contribution >= 0.6 is 0 Å². The average Bonchev–Trinajstić information content (AvgIpc) is 3.57. The summed E-state index contributed by atoms with van der Waals surface area (Å²) in [5.41, 5.74) is 4.94. The Hall–Kier alpha value is -5.25. The number of carboxylic acids is 1. The van der Waals surface area contributed by atoms with Crippen molar-refractivity contribution in [2.45, 2.75) is 18.4 Å². The van der Waals surface area contributed by atoms with Gasteiger partial charge in [-0.15, -0.1) is 10.2 Å². The number of fused-ring (bicyclic) bond motifs is 3. The van der Waals surface area contributed by atoms with Gasteiger partial charge in [0.15, 0.2) is 0 Å². The van der Waals surface area contributed by atoms with Gasteiger partial charge in [-0.05, 0) is 46.5 Å². The zero-order valence-electron chi connectivity index (χ0n) is 21.3. The summed E-state index contributed by atoms with van der Waals surface area (Å²) in [7, 11) is 0. The molecular weight excluding hydrogens is 514 g/mol. The Bertz CT molecular complexity index is 1520. The molecule has 40 heavy (non-hydrogen) atoms. The largest absolute Gasteiger partial charge is 0.478 e. The van der Waals surface area contributed by atoms with Crippen molar-refractivity contribution >= 4 is 18.0 Å². The number of hydrogen-bond acceptors (Lipinski definition) is 8. The minimum atomic E-state index is -1.17. The Labute approximate surface area is 229 Å². The molecule has 4 aromatic rings. The topological polar surface area (TPSA) is 141 Å². The van der Waals surface area contributed by atoms with E-state index in [1.54, 1.807) is 0 Å². The fourth-order valence-corrected chi connectivity index (χ4v) is 4.60. The normalized spacial score (nSPS) is 12.6. The highest BCUT2D eigenvalue weighted by molar-refractivity contribution is 5.88. The number of rotatable bonds is 10. The van der Waals surface area contributed by atoms with Crippen LogP contribution in [0, 0.1) is 0 Å². The van der Waals surface area contributed by atoms with Gasteiger partial charge in [-0.2, -0.15) is 0 Å². The van der Waals surface area contributed by atoms with E-state index in [1.807, 2.05) is 48.5 Å². The van der Waals surface area contributed by atoms with Crippen LogP contribution in [0.3, 0.4) is 0 Å². The first-order valence-electron chi connectivity index (χ1n) is 12.5. The summed E-state index contributed by atoms with van der Waals surface area (Å²) < 4.78 is 16.4. The maximum atomic E-state index is 12.8. The summed E-state index contributed by atoms with van der Waals surface area (Å²) in [4.78, 5) is 36.6. The molecular formula is C30H25N3O7. The number of carboxylic acid groups (broad SMARTS) is 1. The van der Waals surface area contributed by atoms with Gasteiger partial charge in [0.05, 0.1) is 12.0 Å². The van der Waals surface area contributed by atoms with Crippen molar-refractivity contribution in [1.29, 1.82) is 0 Å². The Morgan fingerprint density at radius 3 is 2.23 bits per heavy atom. The van der Waals surface area contributed by atoms with Crippen molar-refractivity contribution in [2.24, 2.45) is 0 Å². The highest BCUT2D eigenvalue weighted by Crippen LogP contribution is 2.44. The van der Waals surface area contributed by atoms with Gasteiger partial charge in [0.1, 0.15) is 19.3 Å². The van der Waals surface area contributed by atoms with Crippen LogP contribution in [-0.4, -0.2) is 52.6 Å². The fourth-order valence-electron chi connectivity index (χ4n) is 4.60. The minimum absolute atomic E-state index is 0.0489. The van der Waals surface area contributed by atoms with Crippen molar-refractivity contribution in [1.82, 2.24) is 15.5 Å². The van der Waals surface area contributed by atoms with E-state index in [9.17, 15) is 14.4 Å². The lowest BCUT2D eigenvalue weighted by molar-refractivity contribution is -0.144. The van der Waals surface area contributed by atoms with E-state index in [-0.39, 0.29) is 42.9 Å². The van der Waals surface area contributed by atoms with Crippen LogP contribution in [0.4, 0.5) is 4.79 Å². The number of aromatic nitrogens is 2. The number of carbonyl (C=O) groups is 3. The summed E-state index contributed by atoms with van der Waals surface area (Å²) in [6.45, 7) is 3.56. The first-order valence-corrected chi connectivity index (χ1v) is 12.5. The minimum Gasteiger partial charge on any atom is -0.478 e. The molecule has 10 heteroatoms. The van der Waals surface area contributed by atoms with Crippen LogP contribution < -0.4 is 5.32 Å². The number of alkyl carbamates (subject to hydrolysis) is 1. The lowest BCUT2D eigenvalue weighted by Gasteiger charge is -2.18. The summed E-state index contributed by atoms with van der Waals surface area (Å²) >= 11 is 0. The maximum absolute atomic E-state index is 12.8. The molecule has 0 unspecified atom stereocenters. The molecule has 0 aliphatic heterocycles. The fraction of sp³-hybridized carbons (Fsp3) is 0.167. The zero-order valence-corrected chi connectivity index (χ0v) is 21.3. The summed E-state index contributed by atoms with van der Waals surface area (Å²) in [5, 5.41) is 19.6. The Balaban J connectivity index is 1.27. The smallest absolute Gasteiger partial charge is 0.407 e. The number of hydrogen-bond donors (Lipinski definition) is 2. The molecule has 0 fully saturated rings. The van der Waals surface area contributed by atoms with E-state index in [1.165, 1.54) is 30.3 Å². The number of carbonyl (C=O) groups excluding carboxylic acids is 2. The van der Waals surface area contributed by atoms with E-state index >= 15 is 0 Å². The second-order valence-corrected chi connectivity index (χ2v) is 9.03. The number of amides is 1. The van der Waals surface area contributed by atoms with E-state index in [2.05, 4.69) is 22.1 Å². The van der Waals surface area contributed by atoms with Gasteiger partial charge in [0.25, 0.3) is 0 Å². The van der Waals surface area contributed by atoms with Gasteiger partial charge in [-0.1, -0.05) is 61.2 Å². The van der Waals surface area contributed by atoms with Gasteiger partial charge in [0.2, 0.25) is 11.8 Å². The predicted octanol–water partition coefficient (Wildman–Crippen LogP) is 4.61. The molecule has 0 saturated heterocycles. The zero-order chi connectivity index (χ0) is 28.1.